The topological polar surface area (TPSA) is 17.1 Å². The fraction of sp³-hybridized carbons (Fsp3) is 0.533. The quantitative estimate of drug-likeness (QED) is 0.559. The van der Waals surface area contributed by atoms with Crippen LogP contribution in [0.5, 0.6) is 0 Å². The van der Waals surface area contributed by atoms with E-state index in [2.05, 4.69) is 45.9 Å². The number of carbonyl (C=O) groups is 1. The van der Waals surface area contributed by atoms with Crippen LogP contribution in [0.25, 0.3) is 0 Å². The molecule has 18 heavy (non-hydrogen) atoms. The van der Waals surface area contributed by atoms with Crippen molar-refractivity contribution in [3.8, 4) is 0 Å². The number of carbonyl (C=O) groups excluding carboxylic acids is 1. The van der Waals surface area contributed by atoms with Crippen molar-refractivity contribution in [1.82, 2.24) is 0 Å². The maximum absolute atomic E-state index is 12.4. The molecule has 1 nitrogen and oxygen atoms in total. The molecule has 94 valence electrons. The second-order valence-electron chi connectivity index (χ2n) is 4.35. The first-order valence-corrected chi connectivity index (χ1v) is 7.46. The van der Waals surface area contributed by atoms with E-state index in [0.717, 1.165) is 33.4 Å². The number of benzene rings is 1. The van der Waals surface area contributed by atoms with Crippen LogP contribution >= 0.6 is 8.58 Å². The largest absolute Gasteiger partial charge is 1.00 e. The molecule has 0 bridgehead atoms. The molecule has 0 amide bonds. The van der Waals surface area contributed by atoms with Crippen LogP contribution in [0.1, 0.15) is 55.6 Å². The summed E-state index contributed by atoms with van der Waals surface area (Å²) in [5, 5.41) is 0. The van der Waals surface area contributed by atoms with Crippen molar-refractivity contribution < 1.29 is 23.7 Å². The van der Waals surface area contributed by atoms with E-state index in [1.165, 1.54) is 11.1 Å². The van der Waals surface area contributed by atoms with Gasteiger partial charge >= 0.3 is 18.9 Å². The van der Waals surface area contributed by atoms with Gasteiger partial charge in [-0.05, 0) is 29.5 Å². The van der Waals surface area contributed by atoms with Crippen LogP contribution in [0.3, 0.4) is 0 Å². The Labute approximate surface area is 125 Å². The molecule has 1 unspecified atom stereocenters. The maximum atomic E-state index is 12.4. The van der Waals surface area contributed by atoms with Crippen molar-refractivity contribution in [3.63, 3.8) is 0 Å². The van der Waals surface area contributed by atoms with E-state index in [1.54, 1.807) is 0 Å². The Hall–Kier alpha value is -0.0826. The summed E-state index contributed by atoms with van der Waals surface area (Å²) in [7, 11) is 0.945. The third-order valence-corrected chi connectivity index (χ3v) is 4.41. The zero-order chi connectivity index (χ0) is 12.8. The first kappa shape index (κ1) is 17.9. The summed E-state index contributed by atoms with van der Waals surface area (Å²) in [6.45, 7) is 8.51. The van der Waals surface area contributed by atoms with E-state index in [9.17, 15) is 4.79 Å². The predicted octanol–water partition coefficient (Wildman–Crippen LogP) is 1.70. The molecular weight excluding hydrogens is 234 g/mol. The van der Waals surface area contributed by atoms with Gasteiger partial charge in [-0.1, -0.05) is 52.3 Å². The average Bonchev–Trinajstić information content (AvgIpc) is 2.37. The predicted molar refractivity (Wildman–Crippen MR) is 76.2 cm³/mol. The molecule has 0 aliphatic rings. The molecule has 1 aromatic rings. The smallest absolute Gasteiger partial charge is 0.457 e. The minimum atomic E-state index is 0. The number of hydrogen-bond acceptors (Lipinski definition) is 1. The fourth-order valence-electron chi connectivity index (χ4n) is 1.87. The van der Waals surface area contributed by atoms with Crippen molar-refractivity contribution in [1.29, 1.82) is 0 Å². The Morgan fingerprint density at radius 2 is 1.67 bits per heavy atom. The Bertz CT molecular complexity index is 368. The van der Waals surface area contributed by atoms with Crippen molar-refractivity contribution in [2.45, 2.75) is 52.6 Å². The second kappa shape index (κ2) is 8.92. The van der Waals surface area contributed by atoms with Gasteiger partial charge in [0.1, 0.15) is 0 Å². The molecule has 0 N–H and O–H groups in total. The maximum Gasteiger partial charge on any atom is 1.00 e. The van der Waals surface area contributed by atoms with E-state index in [1.807, 2.05) is 0 Å². The first-order chi connectivity index (χ1) is 8.13. The van der Waals surface area contributed by atoms with Gasteiger partial charge in [0.05, 0.1) is 0 Å². The van der Waals surface area contributed by atoms with Crippen LogP contribution in [0.4, 0.5) is 0 Å². The van der Waals surface area contributed by atoms with Crippen LogP contribution < -0.4 is 18.9 Å². The minimum Gasteiger partial charge on any atom is -0.457 e. The van der Waals surface area contributed by atoms with Gasteiger partial charge in [0.2, 0.25) is 0 Å². The van der Waals surface area contributed by atoms with Gasteiger partial charge in [0, 0.05) is 5.52 Å². The van der Waals surface area contributed by atoms with Crippen LogP contribution in [-0.4, -0.2) is 11.2 Å². The molecule has 1 aromatic carbocycles. The number of hydrogen-bond donors (Lipinski definition) is 0. The minimum absolute atomic E-state index is 0. The molecule has 0 spiro atoms. The van der Waals surface area contributed by atoms with Crippen molar-refractivity contribution in [3.05, 3.63) is 34.9 Å². The number of rotatable bonds is 6. The normalized spacial score (nSPS) is 12.4. The summed E-state index contributed by atoms with van der Waals surface area (Å²) >= 11 is 0. The third kappa shape index (κ3) is 4.54. The van der Waals surface area contributed by atoms with Gasteiger partial charge in [-0.2, -0.15) is 5.66 Å². The molecule has 0 aromatic heterocycles. The molecule has 0 aliphatic heterocycles. The average molecular weight is 256 g/mol. The van der Waals surface area contributed by atoms with Gasteiger partial charge < -0.3 is 13.4 Å². The molecule has 0 heterocycles. The van der Waals surface area contributed by atoms with Gasteiger partial charge in [0.25, 0.3) is 0 Å². The Kier molecular flexibility index (Phi) is 8.88. The zero-order valence-corrected chi connectivity index (χ0v) is 13.2. The molecule has 1 atom stereocenters. The van der Waals surface area contributed by atoms with Gasteiger partial charge in [-0.15, -0.1) is 0 Å². The summed E-state index contributed by atoms with van der Waals surface area (Å²) in [5.41, 5.74) is 4.14. The summed E-state index contributed by atoms with van der Waals surface area (Å²) in [6.07, 6.45) is 2.93. The molecule has 0 fully saturated rings. The molecule has 1 rings (SSSR count). The summed E-state index contributed by atoms with van der Waals surface area (Å²) < 4.78 is 0. The molecule has 0 aliphatic carbocycles. The zero-order valence-electron chi connectivity index (χ0n) is 12.3. The monoisotopic (exact) mass is 256 g/mol. The van der Waals surface area contributed by atoms with Crippen molar-refractivity contribution in [2.75, 3.05) is 0 Å². The molecule has 0 saturated heterocycles. The van der Waals surface area contributed by atoms with E-state index in [0.29, 0.717) is 11.2 Å². The Morgan fingerprint density at radius 1 is 1.17 bits per heavy atom. The van der Waals surface area contributed by atoms with E-state index < -0.39 is 0 Å². The van der Waals surface area contributed by atoms with E-state index in [-0.39, 0.29) is 18.9 Å². The van der Waals surface area contributed by atoms with Crippen LogP contribution in [-0.2, 0) is 12.8 Å². The molecule has 0 radical (unpaired) electrons. The molecule has 3 heteroatoms. The number of aryl methyl sites for hydroxylation is 2. The second-order valence-corrected chi connectivity index (χ2v) is 5.90. The molecular formula is C15H22LiOP. The van der Waals surface area contributed by atoms with Crippen molar-refractivity contribution >= 4 is 14.1 Å². The van der Waals surface area contributed by atoms with Gasteiger partial charge in [-0.25, -0.2) is 0 Å². The fourth-order valence-corrected chi connectivity index (χ4v) is 2.87. The third-order valence-electron chi connectivity index (χ3n) is 3.14. The van der Waals surface area contributed by atoms with Crippen molar-refractivity contribution in [2.24, 2.45) is 0 Å². The summed E-state index contributed by atoms with van der Waals surface area (Å²) in [4.78, 5) is 12.4. The Balaban J connectivity index is 0.00000289. The van der Waals surface area contributed by atoms with E-state index in [4.69, 9.17) is 0 Å². The summed E-state index contributed by atoms with van der Waals surface area (Å²) in [6, 6.07) is 6.23. The van der Waals surface area contributed by atoms with Gasteiger partial charge in [0.15, 0.2) is 0 Å². The van der Waals surface area contributed by atoms with E-state index >= 15 is 0 Å². The van der Waals surface area contributed by atoms with Crippen LogP contribution in [0.15, 0.2) is 18.2 Å². The first-order valence-electron chi connectivity index (χ1n) is 6.49. The summed E-state index contributed by atoms with van der Waals surface area (Å²) in [5.74, 6) is 0. The Morgan fingerprint density at radius 3 is 2.06 bits per heavy atom. The van der Waals surface area contributed by atoms with Crippen LogP contribution in [0.2, 0.25) is 0 Å². The van der Waals surface area contributed by atoms with Gasteiger partial charge in [-0.3, -0.25) is 0 Å². The SMILES string of the molecule is CCc1cccc(CC)c1C(=O)[P-]C(C)CC.[Li+]. The molecule has 0 saturated carbocycles. The standard InChI is InChI=1S/C15H22OP.Li/c1-5-11(4)17-15(16)14-12(6-2)9-8-10-13(14)7-3;/h8-11H,5-7H2,1-4H3;/q-1;+1. The van der Waals surface area contributed by atoms with Crippen LogP contribution in [0, 0.1) is 0 Å².